The van der Waals surface area contributed by atoms with Gasteiger partial charge in [-0.25, -0.2) is 4.79 Å². The second-order valence-corrected chi connectivity index (χ2v) is 7.54. The van der Waals surface area contributed by atoms with Crippen molar-refractivity contribution in [3.63, 3.8) is 0 Å². The van der Waals surface area contributed by atoms with E-state index in [4.69, 9.17) is 9.47 Å². The Labute approximate surface area is 182 Å². The molecular formula is C23H20O9. The molecule has 1 aliphatic rings. The molecule has 3 aromatic carbocycles. The lowest BCUT2D eigenvalue weighted by atomic mass is 9.93. The van der Waals surface area contributed by atoms with Gasteiger partial charge in [-0.3, -0.25) is 0 Å². The quantitative estimate of drug-likeness (QED) is 0.266. The van der Waals surface area contributed by atoms with E-state index in [1.165, 1.54) is 12.1 Å². The SMILES string of the molecule is Cc1cc([C@@H]2Oc3cc(O)cc(O)c3CC2OC(=O)c2cc(O)c(O)c(O)c2)ccc1O. The Morgan fingerprint density at radius 3 is 2.25 bits per heavy atom. The highest BCUT2D eigenvalue weighted by molar-refractivity contribution is 5.91. The van der Waals surface area contributed by atoms with Crippen molar-refractivity contribution in [1.82, 2.24) is 0 Å². The predicted octanol–water partition coefficient (Wildman–Crippen LogP) is 3.13. The molecule has 32 heavy (non-hydrogen) atoms. The number of ether oxygens (including phenoxy) is 2. The molecule has 0 bridgehead atoms. The van der Waals surface area contributed by atoms with Crippen molar-refractivity contribution in [2.24, 2.45) is 0 Å². The Morgan fingerprint density at radius 2 is 1.59 bits per heavy atom. The molecule has 0 spiro atoms. The van der Waals surface area contributed by atoms with Gasteiger partial charge < -0.3 is 40.1 Å². The number of phenolic OH excluding ortho intramolecular Hbond substituents is 6. The van der Waals surface area contributed by atoms with E-state index in [-0.39, 0.29) is 35.0 Å². The van der Waals surface area contributed by atoms with Gasteiger partial charge in [-0.05, 0) is 42.3 Å². The van der Waals surface area contributed by atoms with Crippen molar-refractivity contribution in [3.8, 4) is 40.2 Å². The summed E-state index contributed by atoms with van der Waals surface area (Å²) in [7, 11) is 0. The number of aromatic hydroxyl groups is 6. The van der Waals surface area contributed by atoms with Gasteiger partial charge in [0.1, 0.15) is 29.1 Å². The molecule has 6 N–H and O–H groups in total. The van der Waals surface area contributed by atoms with Crippen LogP contribution in [0.3, 0.4) is 0 Å². The van der Waals surface area contributed by atoms with Crippen LogP contribution in [0.2, 0.25) is 0 Å². The smallest absolute Gasteiger partial charge is 0.338 e. The molecule has 0 amide bonds. The molecule has 9 nitrogen and oxygen atoms in total. The lowest BCUT2D eigenvalue weighted by Crippen LogP contribution is -2.34. The van der Waals surface area contributed by atoms with Crippen molar-refractivity contribution in [2.75, 3.05) is 0 Å². The molecule has 2 atom stereocenters. The van der Waals surface area contributed by atoms with E-state index in [1.54, 1.807) is 19.1 Å². The van der Waals surface area contributed by atoms with Gasteiger partial charge in [-0.2, -0.15) is 0 Å². The van der Waals surface area contributed by atoms with Gasteiger partial charge in [-0.15, -0.1) is 0 Å². The van der Waals surface area contributed by atoms with Crippen LogP contribution >= 0.6 is 0 Å². The summed E-state index contributed by atoms with van der Waals surface area (Å²) >= 11 is 0. The minimum absolute atomic E-state index is 0.0355. The van der Waals surface area contributed by atoms with Crippen molar-refractivity contribution < 1.29 is 44.9 Å². The number of fused-ring (bicyclic) bond motifs is 1. The maximum Gasteiger partial charge on any atom is 0.338 e. The van der Waals surface area contributed by atoms with Crippen LogP contribution in [0, 0.1) is 6.92 Å². The Morgan fingerprint density at radius 1 is 0.906 bits per heavy atom. The van der Waals surface area contributed by atoms with E-state index < -0.39 is 35.4 Å². The Hall–Kier alpha value is -4.27. The number of hydrogen-bond donors (Lipinski definition) is 6. The molecule has 0 aromatic heterocycles. The zero-order chi connectivity index (χ0) is 23.2. The summed E-state index contributed by atoms with van der Waals surface area (Å²) < 4.78 is 11.6. The van der Waals surface area contributed by atoms with Crippen LogP contribution in [0.4, 0.5) is 0 Å². The molecule has 1 unspecified atom stereocenters. The molecule has 0 aliphatic carbocycles. The summed E-state index contributed by atoms with van der Waals surface area (Å²) in [4.78, 5) is 12.8. The third-order valence-corrected chi connectivity index (χ3v) is 5.28. The van der Waals surface area contributed by atoms with Crippen molar-refractivity contribution in [3.05, 3.63) is 64.7 Å². The summed E-state index contributed by atoms with van der Waals surface area (Å²) in [5.41, 5.74) is 1.25. The molecule has 1 heterocycles. The molecule has 0 fully saturated rings. The zero-order valence-corrected chi connectivity index (χ0v) is 16.8. The molecular weight excluding hydrogens is 420 g/mol. The van der Waals surface area contributed by atoms with E-state index >= 15 is 0 Å². The van der Waals surface area contributed by atoms with Crippen molar-refractivity contribution in [1.29, 1.82) is 0 Å². The lowest BCUT2D eigenvalue weighted by molar-refractivity contribution is -0.0188. The average molecular weight is 440 g/mol. The fourth-order valence-electron chi connectivity index (χ4n) is 3.62. The summed E-state index contributed by atoms with van der Waals surface area (Å²) in [6.45, 7) is 1.69. The average Bonchev–Trinajstić information content (AvgIpc) is 2.73. The lowest BCUT2D eigenvalue weighted by Gasteiger charge is -2.34. The van der Waals surface area contributed by atoms with Crippen LogP contribution in [0.25, 0.3) is 0 Å². The maximum atomic E-state index is 12.8. The van der Waals surface area contributed by atoms with Gasteiger partial charge in [0.15, 0.2) is 23.4 Å². The van der Waals surface area contributed by atoms with Crippen LogP contribution in [-0.4, -0.2) is 42.7 Å². The van der Waals surface area contributed by atoms with Gasteiger partial charge in [0.2, 0.25) is 0 Å². The number of phenols is 6. The first-order chi connectivity index (χ1) is 15.1. The van der Waals surface area contributed by atoms with Crippen LogP contribution in [-0.2, 0) is 11.2 Å². The summed E-state index contributed by atoms with van der Waals surface area (Å²) in [5.74, 6) is -3.21. The van der Waals surface area contributed by atoms with Crippen molar-refractivity contribution in [2.45, 2.75) is 25.6 Å². The zero-order valence-electron chi connectivity index (χ0n) is 16.8. The fourth-order valence-corrected chi connectivity index (χ4v) is 3.62. The second-order valence-electron chi connectivity index (χ2n) is 7.54. The third-order valence-electron chi connectivity index (χ3n) is 5.28. The van der Waals surface area contributed by atoms with Crippen LogP contribution in [0.5, 0.6) is 40.2 Å². The largest absolute Gasteiger partial charge is 0.508 e. The molecule has 166 valence electrons. The Bertz CT molecular complexity index is 1200. The monoisotopic (exact) mass is 440 g/mol. The first-order valence-electron chi connectivity index (χ1n) is 9.61. The number of benzene rings is 3. The first kappa shape index (κ1) is 21.0. The van der Waals surface area contributed by atoms with E-state index in [0.717, 1.165) is 18.2 Å². The summed E-state index contributed by atoms with van der Waals surface area (Å²) in [6, 6.07) is 9.10. The van der Waals surface area contributed by atoms with E-state index in [0.29, 0.717) is 16.7 Å². The topological polar surface area (TPSA) is 157 Å². The summed E-state index contributed by atoms with van der Waals surface area (Å²) in [5, 5.41) is 58.8. The standard InChI is InChI=1S/C23H20O9/c1-10-4-11(2-3-15(10)25)22-20(9-14-16(26)7-13(24)8-19(14)31-22)32-23(30)12-5-17(27)21(29)18(28)6-12/h2-8,20,22,24-29H,9H2,1H3/t20?,22-/m0/s1. The number of rotatable bonds is 3. The van der Waals surface area contributed by atoms with E-state index in [9.17, 15) is 35.4 Å². The minimum Gasteiger partial charge on any atom is -0.508 e. The number of esters is 1. The molecule has 0 radical (unpaired) electrons. The first-order valence-corrected chi connectivity index (χ1v) is 9.61. The highest BCUT2D eigenvalue weighted by Crippen LogP contribution is 2.43. The molecule has 0 saturated carbocycles. The normalized spacial score (nSPS) is 17.3. The van der Waals surface area contributed by atoms with Crippen LogP contribution in [0.1, 0.15) is 33.2 Å². The van der Waals surface area contributed by atoms with Gasteiger partial charge >= 0.3 is 5.97 Å². The molecule has 0 saturated heterocycles. The molecule has 9 heteroatoms. The number of aryl methyl sites for hydroxylation is 1. The highest BCUT2D eigenvalue weighted by Gasteiger charge is 2.36. The maximum absolute atomic E-state index is 12.8. The van der Waals surface area contributed by atoms with Crippen LogP contribution < -0.4 is 4.74 Å². The predicted molar refractivity (Wildman–Crippen MR) is 110 cm³/mol. The number of carbonyl (C=O) groups excluding carboxylic acids is 1. The van der Waals surface area contributed by atoms with E-state index in [1.807, 2.05) is 0 Å². The Kier molecular flexibility index (Phi) is 5.09. The third kappa shape index (κ3) is 3.76. The van der Waals surface area contributed by atoms with Crippen molar-refractivity contribution >= 4 is 5.97 Å². The molecule has 1 aliphatic heterocycles. The number of hydrogen-bond acceptors (Lipinski definition) is 9. The van der Waals surface area contributed by atoms with Gasteiger partial charge in [0.05, 0.1) is 5.56 Å². The second kappa shape index (κ2) is 7.77. The molecule has 4 rings (SSSR count). The minimum atomic E-state index is -0.951. The molecule has 3 aromatic rings. The Balaban J connectivity index is 1.72. The van der Waals surface area contributed by atoms with E-state index in [2.05, 4.69) is 0 Å². The number of carbonyl (C=O) groups is 1. The summed E-state index contributed by atoms with van der Waals surface area (Å²) in [6.07, 6.45) is -1.77. The van der Waals surface area contributed by atoms with Crippen LogP contribution in [0.15, 0.2) is 42.5 Å². The van der Waals surface area contributed by atoms with Gasteiger partial charge in [0.25, 0.3) is 0 Å². The van der Waals surface area contributed by atoms with Gasteiger partial charge in [-0.1, -0.05) is 6.07 Å². The highest BCUT2D eigenvalue weighted by atomic mass is 16.6. The van der Waals surface area contributed by atoms with Gasteiger partial charge in [0, 0.05) is 24.1 Å². The fraction of sp³-hybridized carbons (Fsp3) is 0.174.